The molecule has 0 aromatic carbocycles. The fraction of sp³-hybridized carbons (Fsp3) is 0.308. The summed E-state index contributed by atoms with van der Waals surface area (Å²) < 4.78 is 1.22. The van der Waals surface area contributed by atoms with E-state index in [1.807, 2.05) is 17.6 Å². The lowest BCUT2D eigenvalue weighted by molar-refractivity contribution is 0.143. The Labute approximate surface area is 118 Å². The average Bonchev–Trinajstić information content (AvgIpc) is 2.94. The quantitative estimate of drug-likeness (QED) is 0.835. The van der Waals surface area contributed by atoms with Crippen molar-refractivity contribution in [1.29, 1.82) is 0 Å². The molecule has 0 saturated heterocycles. The van der Waals surface area contributed by atoms with Crippen molar-refractivity contribution >= 4 is 33.9 Å². The molecule has 2 aromatic rings. The number of rotatable bonds is 2. The Morgan fingerprint density at radius 3 is 3.18 bits per heavy atom. The van der Waals surface area contributed by atoms with E-state index in [2.05, 4.69) is 39.7 Å². The number of fused-ring (bicyclic) bond motifs is 1. The van der Waals surface area contributed by atoms with Crippen molar-refractivity contribution in [3.8, 4) is 0 Å². The number of aliphatic hydroxyl groups is 1. The summed E-state index contributed by atoms with van der Waals surface area (Å²) in [4.78, 5) is 4.44. The monoisotopic (exact) mass is 357 g/mol. The highest BCUT2D eigenvalue weighted by atomic mass is 127. The van der Waals surface area contributed by atoms with Crippen LogP contribution in [0.2, 0.25) is 0 Å². The van der Waals surface area contributed by atoms with Crippen LogP contribution in [0.25, 0.3) is 0 Å². The number of pyridine rings is 1. The highest BCUT2D eigenvalue weighted by Crippen LogP contribution is 2.41. The van der Waals surface area contributed by atoms with Crippen LogP contribution in [0.1, 0.15) is 35.3 Å². The zero-order chi connectivity index (χ0) is 11.8. The summed E-state index contributed by atoms with van der Waals surface area (Å²) in [6.45, 7) is 0. The summed E-state index contributed by atoms with van der Waals surface area (Å²) >= 11 is 3.97. The van der Waals surface area contributed by atoms with Gasteiger partial charge in [-0.15, -0.1) is 11.3 Å². The van der Waals surface area contributed by atoms with Crippen LogP contribution in [0.4, 0.5) is 0 Å². The van der Waals surface area contributed by atoms with Crippen molar-refractivity contribution in [2.45, 2.75) is 24.9 Å². The fourth-order valence-corrected chi connectivity index (χ4v) is 3.86. The SMILES string of the molecule is OC(c1csc(I)c1)C1CCc2cccnc21. The number of thiophene rings is 1. The lowest BCUT2D eigenvalue weighted by atomic mass is 9.95. The standard InChI is InChI=1S/C13H12INOS/c14-11-6-9(7-17-11)13(16)10-4-3-8-2-1-5-15-12(8)10/h1-2,5-7,10,13,16H,3-4H2. The molecule has 2 nitrogen and oxygen atoms in total. The predicted octanol–water partition coefficient (Wildman–Crippen LogP) is 3.51. The molecule has 88 valence electrons. The maximum absolute atomic E-state index is 10.4. The molecule has 17 heavy (non-hydrogen) atoms. The summed E-state index contributed by atoms with van der Waals surface area (Å²) in [5.41, 5.74) is 3.41. The van der Waals surface area contributed by atoms with E-state index in [1.165, 1.54) is 8.45 Å². The van der Waals surface area contributed by atoms with Crippen LogP contribution in [0.3, 0.4) is 0 Å². The van der Waals surface area contributed by atoms with E-state index in [0.29, 0.717) is 0 Å². The molecule has 2 heterocycles. The molecule has 0 aliphatic heterocycles. The number of aliphatic hydroxyl groups excluding tert-OH is 1. The second kappa shape index (κ2) is 4.66. The first kappa shape index (κ1) is 11.6. The molecule has 0 bridgehead atoms. The van der Waals surface area contributed by atoms with Crippen LogP contribution >= 0.6 is 33.9 Å². The topological polar surface area (TPSA) is 33.1 Å². The molecule has 2 atom stereocenters. The molecule has 0 spiro atoms. The van der Waals surface area contributed by atoms with Crippen LogP contribution in [0.5, 0.6) is 0 Å². The van der Waals surface area contributed by atoms with Gasteiger partial charge in [-0.25, -0.2) is 0 Å². The van der Waals surface area contributed by atoms with E-state index in [1.54, 1.807) is 11.3 Å². The number of nitrogens with zero attached hydrogens (tertiary/aromatic N) is 1. The minimum absolute atomic E-state index is 0.164. The van der Waals surface area contributed by atoms with Gasteiger partial charge in [0.15, 0.2) is 0 Å². The van der Waals surface area contributed by atoms with Crippen LogP contribution in [0, 0.1) is 2.88 Å². The predicted molar refractivity (Wildman–Crippen MR) is 77.3 cm³/mol. The number of hydrogen-bond acceptors (Lipinski definition) is 3. The third-order valence-electron chi connectivity index (χ3n) is 3.31. The van der Waals surface area contributed by atoms with Gasteiger partial charge in [-0.3, -0.25) is 4.98 Å². The maximum atomic E-state index is 10.4. The van der Waals surface area contributed by atoms with E-state index in [0.717, 1.165) is 24.1 Å². The summed E-state index contributed by atoms with van der Waals surface area (Å²) in [5.74, 6) is 0.164. The van der Waals surface area contributed by atoms with Crippen molar-refractivity contribution in [2.24, 2.45) is 0 Å². The molecule has 1 aliphatic carbocycles. The number of hydrogen-bond donors (Lipinski definition) is 1. The van der Waals surface area contributed by atoms with Crippen molar-refractivity contribution in [3.63, 3.8) is 0 Å². The highest BCUT2D eigenvalue weighted by molar-refractivity contribution is 14.1. The molecular weight excluding hydrogens is 345 g/mol. The fourth-order valence-electron chi connectivity index (χ4n) is 2.46. The zero-order valence-corrected chi connectivity index (χ0v) is 12.1. The molecule has 4 heteroatoms. The van der Waals surface area contributed by atoms with Gasteiger partial charge in [-0.1, -0.05) is 6.07 Å². The van der Waals surface area contributed by atoms with Crippen molar-refractivity contribution in [3.05, 3.63) is 49.5 Å². The third-order valence-corrected chi connectivity index (χ3v) is 5.12. The zero-order valence-electron chi connectivity index (χ0n) is 9.14. The molecule has 2 aromatic heterocycles. The van der Waals surface area contributed by atoms with E-state index in [-0.39, 0.29) is 5.92 Å². The van der Waals surface area contributed by atoms with Gasteiger partial charge in [0.25, 0.3) is 0 Å². The smallest absolute Gasteiger partial charge is 0.0882 e. The molecule has 3 rings (SSSR count). The van der Waals surface area contributed by atoms with Gasteiger partial charge < -0.3 is 5.11 Å². The van der Waals surface area contributed by atoms with Gasteiger partial charge in [0.05, 0.1) is 8.99 Å². The lowest BCUT2D eigenvalue weighted by Gasteiger charge is -2.17. The van der Waals surface area contributed by atoms with Crippen LogP contribution < -0.4 is 0 Å². The lowest BCUT2D eigenvalue weighted by Crippen LogP contribution is -2.08. The van der Waals surface area contributed by atoms with Gasteiger partial charge in [0, 0.05) is 17.8 Å². The third kappa shape index (κ3) is 2.13. The first-order valence-corrected chi connectivity index (χ1v) is 7.57. The molecule has 0 saturated carbocycles. The highest BCUT2D eigenvalue weighted by Gasteiger charge is 2.30. The molecule has 1 aliphatic rings. The Morgan fingerprint density at radius 2 is 2.41 bits per heavy atom. The first-order valence-electron chi connectivity index (χ1n) is 5.61. The second-order valence-corrected chi connectivity index (χ2v) is 7.13. The molecular formula is C13H12INOS. The summed E-state index contributed by atoms with van der Waals surface area (Å²) in [7, 11) is 0. The Bertz CT molecular complexity index is 540. The van der Waals surface area contributed by atoms with Crippen molar-refractivity contribution in [1.82, 2.24) is 4.98 Å². The van der Waals surface area contributed by atoms with Gasteiger partial charge in [-0.2, -0.15) is 0 Å². The van der Waals surface area contributed by atoms with E-state index >= 15 is 0 Å². The molecule has 0 radical (unpaired) electrons. The van der Waals surface area contributed by atoms with Crippen LogP contribution in [-0.4, -0.2) is 10.1 Å². The molecule has 2 unspecified atom stereocenters. The normalized spacial score (nSPS) is 20.2. The van der Waals surface area contributed by atoms with Crippen molar-refractivity contribution < 1.29 is 5.11 Å². The van der Waals surface area contributed by atoms with Crippen LogP contribution in [0.15, 0.2) is 29.8 Å². The van der Waals surface area contributed by atoms with E-state index in [9.17, 15) is 5.11 Å². The summed E-state index contributed by atoms with van der Waals surface area (Å²) in [6.07, 6.45) is 3.44. The van der Waals surface area contributed by atoms with Crippen molar-refractivity contribution in [2.75, 3.05) is 0 Å². The summed E-state index contributed by atoms with van der Waals surface area (Å²) in [5, 5.41) is 12.5. The van der Waals surface area contributed by atoms with Gasteiger partial charge in [0.1, 0.15) is 0 Å². The largest absolute Gasteiger partial charge is 0.388 e. The van der Waals surface area contributed by atoms with Gasteiger partial charge in [0.2, 0.25) is 0 Å². The van der Waals surface area contributed by atoms with E-state index < -0.39 is 6.10 Å². The molecule has 0 amide bonds. The Kier molecular flexibility index (Phi) is 3.19. The number of halogens is 1. The average molecular weight is 357 g/mol. The van der Waals surface area contributed by atoms with Crippen LogP contribution in [-0.2, 0) is 6.42 Å². The number of aryl methyl sites for hydroxylation is 1. The van der Waals surface area contributed by atoms with Gasteiger partial charge in [-0.05, 0) is 64.1 Å². The Morgan fingerprint density at radius 1 is 1.53 bits per heavy atom. The Balaban J connectivity index is 1.92. The maximum Gasteiger partial charge on any atom is 0.0882 e. The minimum atomic E-state index is -0.411. The first-order chi connectivity index (χ1) is 8.25. The molecule has 0 fully saturated rings. The minimum Gasteiger partial charge on any atom is -0.388 e. The van der Waals surface area contributed by atoms with Gasteiger partial charge >= 0.3 is 0 Å². The number of aromatic nitrogens is 1. The second-order valence-electron chi connectivity index (χ2n) is 4.32. The molecule has 1 N–H and O–H groups in total. The van der Waals surface area contributed by atoms with E-state index in [4.69, 9.17) is 0 Å². The summed E-state index contributed by atoms with van der Waals surface area (Å²) in [6, 6.07) is 6.16. The Hall–Kier alpha value is -0.460.